The molecule has 0 bridgehead atoms. The van der Waals surface area contributed by atoms with E-state index in [9.17, 15) is 14.7 Å². The molecule has 22 heavy (non-hydrogen) atoms. The Hall–Kier alpha value is -2.04. The Morgan fingerprint density at radius 3 is 2.59 bits per heavy atom. The molecule has 120 valence electrons. The molecule has 0 saturated heterocycles. The maximum Gasteiger partial charge on any atom is 0.326 e. The molecule has 1 aromatic rings. The lowest BCUT2D eigenvalue weighted by molar-refractivity contribution is -0.143. The van der Waals surface area contributed by atoms with E-state index < -0.39 is 17.9 Å². The number of fused-ring (bicyclic) bond motifs is 1. The van der Waals surface area contributed by atoms with Gasteiger partial charge in [0.2, 0.25) is 5.91 Å². The van der Waals surface area contributed by atoms with Crippen molar-refractivity contribution in [3.8, 4) is 5.75 Å². The molecule has 1 heterocycles. The zero-order valence-corrected chi connectivity index (χ0v) is 13.5. The van der Waals surface area contributed by atoms with Crippen molar-refractivity contribution < 1.29 is 19.4 Å². The summed E-state index contributed by atoms with van der Waals surface area (Å²) in [6.45, 7) is 7.98. The molecule has 0 radical (unpaired) electrons. The molecular weight excluding hydrogens is 282 g/mol. The van der Waals surface area contributed by atoms with Gasteiger partial charge in [0.25, 0.3) is 0 Å². The molecule has 0 saturated carbocycles. The van der Waals surface area contributed by atoms with E-state index in [1.54, 1.807) is 0 Å². The highest BCUT2D eigenvalue weighted by Crippen LogP contribution is 2.36. The standard InChI is InChI=1S/C17H23NO4/c1-5-9(2)15(17(20)21)18-16(19)13-8-22-14-7-11(4)10(3)6-12(13)14/h6-7,9,13,15H,5,8H2,1-4H3,(H,18,19)(H,20,21). The number of nitrogens with one attached hydrogen (secondary N) is 1. The van der Waals surface area contributed by atoms with Crippen molar-refractivity contribution in [1.82, 2.24) is 5.32 Å². The normalized spacial score (nSPS) is 19.0. The summed E-state index contributed by atoms with van der Waals surface area (Å²) < 4.78 is 5.59. The first-order valence-electron chi connectivity index (χ1n) is 7.62. The minimum absolute atomic E-state index is 0.122. The summed E-state index contributed by atoms with van der Waals surface area (Å²) in [4.78, 5) is 23.8. The van der Waals surface area contributed by atoms with Gasteiger partial charge < -0.3 is 15.2 Å². The third kappa shape index (κ3) is 3.08. The highest BCUT2D eigenvalue weighted by atomic mass is 16.5. The average molecular weight is 305 g/mol. The van der Waals surface area contributed by atoms with Gasteiger partial charge >= 0.3 is 5.97 Å². The van der Waals surface area contributed by atoms with E-state index in [-0.39, 0.29) is 18.4 Å². The quantitative estimate of drug-likeness (QED) is 0.876. The number of hydrogen-bond acceptors (Lipinski definition) is 3. The Bertz CT molecular complexity index is 597. The summed E-state index contributed by atoms with van der Waals surface area (Å²) in [5, 5.41) is 12.0. The highest BCUT2D eigenvalue weighted by molar-refractivity contribution is 5.89. The summed E-state index contributed by atoms with van der Waals surface area (Å²) in [7, 11) is 0. The lowest BCUT2D eigenvalue weighted by Gasteiger charge is -2.21. The highest BCUT2D eigenvalue weighted by Gasteiger charge is 2.34. The molecule has 1 aliphatic heterocycles. The third-order valence-corrected chi connectivity index (χ3v) is 4.50. The summed E-state index contributed by atoms with van der Waals surface area (Å²) in [6, 6.07) is 3.02. The lowest BCUT2D eigenvalue weighted by atomic mass is 9.94. The number of carboxylic acids is 1. The zero-order chi connectivity index (χ0) is 16.4. The SMILES string of the molecule is CCC(C)C(NC(=O)C1COc2cc(C)c(C)cc21)C(=O)O. The van der Waals surface area contributed by atoms with Crippen molar-refractivity contribution >= 4 is 11.9 Å². The van der Waals surface area contributed by atoms with Crippen molar-refractivity contribution in [1.29, 1.82) is 0 Å². The van der Waals surface area contributed by atoms with Gasteiger partial charge in [-0.2, -0.15) is 0 Å². The van der Waals surface area contributed by atoms with E-state index in [4.69, 9.17) is 4.74 Å². The smallest absolute Gasteiger partial charge is 0.326 e. The van der Waals surface area contributed by atoms with Crippen LogP contribution in [0.3, 0.4) is 0 Å². The monoisotopic (exact) mass is 305 g/mol. The number of carbonyl (C=O) groups is 2. The van der Waals surface area contributed by atoms with Gasteiger partial charge in [-0.1, -0.05) is 26.3 Å². The molecule has 2 rings (SSSR count). The Kier molecular flexibility index (Phi) is 4.74. The topological polar surface area (TPSA) is 75.6 Å². The van der Waals surface area contributed by atoms with Crippen molar-refractivity contribution in [3.63, 3.8) is 0 Å². The van der Waals surface area contributed by atoms with Gasteiger partial charge in [0.05, 0.1) is 0 Å². The number of aliphatic carboxylic acids is 1. The largest absolute Gasteiger partial charge is 0.492 e. The maximum atomic E-state index is 12.5. The van der Waals surface area contributed by atoms with Crippen LogP contribution in [-0.4, -0.2) is 29.6 Å². The minimum Gasteiger partial charge on any atom is -0.492 e. The number of ether oxygens (including phenoxy) is 1. The fourth-order valence-corrected chi connectivity index (χ4v) is 2.63. The molecule has 5 heteroatoms. The lowest BCUT2D eigenvalue weighted by Crippen LogP contribution is -2.47. The van der Waals surface area contributed by atoms with E-state index in [0.717, 1.165) is 22.4 Å². The van der Waals surface area contributed by atoms with E-state index in [2.05, 4.69) is 5.32 Å². The molecule has 2 N–H and O–H groups in total. The predicted molar refractivity (Wildman–Crippen MR) is 83.2 cm³/mol. The van der Waals surface area contributed by atoms with Crippen molar-refractivity contribution in [2.75, 3.05) is 6.61 Å². The Labute approximate surface area is 130 Å². The first-order chi connectivity index (χ1) is 10.3. The Morgan fingerprint density at radius 1 is 1.36 bits per heavy atom. The van der Waals surface area contributed by atoms with Crippen LogP contribution in [0.25, 0.3) is 0 Å². The van der Waals surface area contributed by atoms with Gasteiger partial charge in [0, 0.05) is 5.56 Å². The van der Waals surface area contributed by atoms with Crippen molar-refractivity contribution in [3.05, 3.63) is 28.8 Å². The fraction of sp³-hybridized carbons (Fsp3) is 0.529. The molecule has 1 aromatic carbocycles. The second-order valence-electron chi connectivity index (χ2n) is 6.05. The zero-order valence-electron chi connectivity index (χ0n) is 13.5. The number of benzene rings is 1. The molecule has 0 spiro atoms. The first-order valence-corrected chi connectivity index (χ1v) is 7.62. The summed E-state index contributed by atoms with van der Waals surface area (Å²) in [5.41, 5.74) is 3.05. The Morgan fingerprint density at radius 2 is 2.00 bits per heavy atom. The van der Waals surface area contributed by atoms with Gasteiger partial charge in [-0.25, -0.2) is 4.79 Å². The van der Waals surface area contributed by atoms with Crippen LogP contribution in [0.2, 0.25) is 0 Å². The number of aryl methyl sites for hydroxylation is 2. The second-order valence-corrected chi connectivity index (χ2v) is 6.05. The van der Waals surface area contributed by atoms with Crippen LogP contribution in [0.4, 0.5) is 0 Å². The van der Waals surface area contributed by atoms with E-state index >= 15 is 0 Å². The summed E-state index contributed by atoms with van der Waals surface area (Å²) in [5.74, 6) is -1.13. The molecule has 3 unspecified atom stereocenters. The molecular formula is C17H23NO4. The van der Waals surface area contributed by atoms with E-state index in [0.29, 0.717) is 6.42 Å². The Balaban J connectivity index is 2.19. The van der Waals surface area contributed by atoms with Gasteiger partial charge in [0.15, 0.2) is 0 Å². The number of rotatable bonds is 5. The molecule has 1 amide bonds. The van der Waals surface area contributed by atoms with Gasteiger partial charge in [-0.15, -0.1) is 0 Å². The maximum absolute atomic E-state index is 12.5. The average Bonchev–Trinajstić information content (AvgIpc) is 2.86. The fourth-order valence-electron chi connectivity index (χ4n) is 2.63. The van der Waals surface area contributed by atoms with Crippen LogP contribution in [0.1, 0.15) is 42.9 Å². The first kappa shape index (κ1) is 16.3. The number of amides is 1. The predicted octanol–water partition coefficient (Wildman–Crippen LogP) is 2.39. The van der Waals surface area contributed by atoms with Gasteiger partial charge in [-0.05, 0) is 37.0 Å². The number of carboxylic acid groups (broad SMARTS) is 1. The van der Waals surface area contributed by atoms with Crippen LogP contribution in [-0.2, 0) is 9.59 Å². The van der Waals surface area contributed by atoms with E-state index in [1.165, 1.54) is 0 Å². The summed E-state index contributed by atoms with van der Waals surface area (Å²) in [6.07, 6.45) is 0.688. The molecule has 1 aliphatic rings. The molecule has 5 nitrogen and oxygen atoms in total. The van der Waals surface area contributed by atoms with E-state index in [1.807, 2.05) is 39.8 Å². The van der Waals surface area contributed by atoms with Crippen LogP contribution in [0, 0.1) is 19.8 Å². The second kappa shape index (κ2) is 6.38. The van der Waals surface area contributed by atoms with Crippen molar-refractivity contribution in [2.24, 2.45) is 5.92 Å². The number of carbonyl (C=O) groups excluding carboxylic acids is 1. The van der Waals surface area contributed by atoms with Gasteiger partial charge in [0.1, 0.15) is 24.3 Å². The van der Waals surface area contributed by atoms with Crippen LogP contribution in [0.15, 0.2) is 12.1 Å². The summed E-state index contributed by atoms with van der Waals surface area (Å²) >= 11 is 0. The van der Waals surface area contributed by atoms with Crippen LogP contribution >= 0.6 is 0 Å². The third-order valence-electron chi connectivity index (χ3n) is 4.50. The van der Waals surface area contributed by atoms with Crippen LogP contribution < -0.4 is 10.1 Å². The minimum atomic E-state index is -0.998. The molecule has 0 fully saturated rings. The van der Waals surface area contributed by atoms with Crippen molar-refractivity contribution in [2.45, 2.75) is 46.1 Å². The van der Waals surface area contributed by atoms with Gasteiger partial charge in [-0.3, -0.25) is 4.79 Å². The molecule has 0 aromatic heterocycles. The molecule has 3 atom stereocenters. The molecule has 0 aliphatic carbocycles. The number of hydrogen-bond donors (Lipinski definition) is 2. The van der Waals surface area contributed by atoms with Crippen LogP contribution in [0.5, 0.6) is 5.75 Å².